The van der Waals surface area contributed by atoms with Crippen LogP contribution >= 0.6 is 0 Å². The van der Waals surface area contributed by atoms with Gasteiger partial charge in [0.05, 0.1) is 11.2 Å². The van der Waals surface area contributed by atoms with Gasteiger partial charge in [-0.2, -0.15) is 10.2 Å². The molecule has 0 atom stereocenters. The fourth-order valence-electron chi connectivity index (χ4n) is 2.44. The van der Waals surface area contributed by atoms with Crippen molar-refractivity contribution in [1.29, 1.82) is 0 Å². The van der Waals surface area contributed by atoms with Crippen molar-refractivity contribution in [3.8, 4) is 0 Å². The van der Waals surface area contributed by atoms with Crippen LogP contribution in [-0.2, 0) is 4.79 Å². The number of aromatic nitrogens is 2. The summed E-state index contributed by atoms with van der Waals surface area (Å²) in [6.45, 7) is 0. The number of benzene rings is 1. The zero-order valence-electron chi connectivity index (χ0n) is 9.60. The summed E-state index contributed by atoms with van der Waals surface area (Å²) in [5, 5.41) is 9.67. The number of rotatable bonds is 1. The minimum absolute atomic E-state index is 0.384. The molecule has 3 rings (SSSR count). The van der Waals surface area contributed by atoms with Crippen molar-refractivity contribution in [3.63, 3.8) is 0 Å². The lowest BCUT2D eigenvalue weighted by molar-refractivity contribution is -0.120. The average molecular weight is 226 g/mol. The van der Waals surface area contributed by atoms with Gasteiger partial charge in [-0.15, -0.1) is 0 Å². The summed E-state index contributed by atoms with van der Waals surface area (Å²) in [6.07, 6.45) is 3.23. The molecule has 3 heteroatoms. The average Bonchev–Trinajstić information content (AvgIpc) is 2.39. The van der Waals surface area contributed by atoms with Crippen LogP contribution in [0.5, 0.6) is 0 Å². The first-order valence-electron chi connectivity index (χ1n) is 6.07. The molecular weight excluding hydrogens is 212 g/mol. The third-order valence-electron chi connectivity index (χ3n) is 3.47. The number of ketones is 1. The van der Waals surface area contributed by atoms with Gasteiger partial charge < -0.3 is 0 Å². The Morgan fingerprint density at radius 2 is 1.82 bits per heavy atom. The Morgan fingerprint density at radius 3 is 2.65 bits per heavy atom. The first kappa shape index (κ1) is 10.4. The van der Waals surface area contributed by atoms with Gasteiger partial charge in [-0.05, 0) is 25.0 Å². The van der Waals surface area contributed by atoms with E-state index >= 15 is 0 Å². The van der Waals surface area contributed by atoms with Crippen molar-refractivity contribution < 1.29 is 4.79 Å². The molecule has 0 radical (unpaired) electrons. The van der Waals surface area contributed by atoms with E-state index in [4.69, 9.17) is 0 Å². The lowest BCUT2D eigenvalue weighted by Gasteiger charge is -2.19. The van der Waals surface area contributed by atoms with Crippen LogP contribution in [0.25, 0.3) is 10.9 Å². The smallest absolute Gasteiger partial charge is 0.132 e. The maximum absolute atomic E-state index is 11.2. The molecule has 3 nitrogen and oxygen atoms in total. The van der Waals surface area contributed by atoms with E-state index in [0.29, 0.717) is 24.5 Å². The van der Waals surface area contributed by atoms with Crippen molar-refractivity contribution in [2.75, 3.05) is 0 Å². The maximum Gasteiger partial charge on any atom is 0.132 e. The number of nitrogens with zero attached hydrogens (tertiary/aromatic N) is 2. The Labute approximate surface area is 99.9 Å². The topological polar surface area (TPSA) is 42.9 Å². The Morgan fingerprint density at radius 1 is 1.06 bits per heavy atom. The highest BCUT2D eigenvalue weighted by atomic mass is 16.1. The molecule has 1 heterocycles. The van der Waals surface area contributed by atoms with Crippen LogP contribution in [0.1, 0.15) is 37.3 Å². The Bertz CT molecular complexity index is 555. The molecule has 1 aliphatic carbocycles. The third-order valence-corrected chi connectivity index (χ3v) is 3.47. The van der Waals surface area contributed by atoms with Gasteiger partial charge in [0.2, 0.25) is 0 Å². The van der Waals surface area contributed by atoms with E-state index in [1.165, 1.54) is 0 Å². The standard InChI is InChI=1S/C14H14N2O/c17-12-7-5-10(6-8-12)14-9-11-3-1-2-4-13(11)15-16-14/h1-4,9-10H,5-8H2. The molecule has 1 fully saturated rings. The maximum atomic E-state index is 11.2. The van der Waals surface area contributed by atoms with Crippen LogP contribution in [0, 0.1) is 0 Å². The first-order valence-corrected chi connectivity index (χ1v) is 6.07. The summed E-state index contributed by atoms with van der Waals surface area (Å²) >= 11 is 0. The quantitative estimate of drug-likeness (QED) is 0.751. The normalized spacial score (nSPS) is 17.5. The van der Waals surface area contributed by atoms with Crippen LogP contribution in [0.15, 0.2) is 30.3 Å². The second-order valence-corrected chi connectivity index (χ2v) is 4.64. The van der Waals surface area contributed by atoms with Gasteiger partial charge in [0.25, 0.3) is 0 Å². The van der Waals surface area contributed by atoms with Crippen LogP contribution in [0.4, 0.5) is 0 Å². The van der Waals surface area contributed by atoms with Crippen LogP contribution in [-0.4, -0.2) is 16.0 Å². The minimum atomic E-state index is 0.384. The molecule has 1 aromatic carbocycles. The van der Waals surface area contributed by atoms with E-state index in [9.17, 15) is 4.79 Å². The predicted octanol–water partition coefficient (Wildman–Crippen LogP) is 2.86. The monoisotopic (exact) mass is 226 g/mol. The molecule has 86 valence electrons. The van der Waals surface area contributed by atoms with E-state index in [-0.39, 0.29) is 0 Å². The van der Waals surface area contributed by atoms with E-state index in [1.807, 2.05) is 18.2 Å². The van der Waals surface area contributed by atoms with Crippen molar-refractivity contribution in [2.45, 2.75) is 31.6 Å². The molecule has 17 heavy (non-hydrogen) atoms. The number of fused-ring (bicyclic) bond motifs is 1. The number of carbonyl (C=O) groups excluding carboxylic acids is 1. The molecule has 0 N–H and O–H groups in total. The summed E-state index contributed by atoms with van der Waals surface area (Å²) in [5.41, 5.74) is 1.97. The molecule has 1 aromatic heterocycles. The van der Waals surface area contributed by atoms with Gasteiger partial charge >= 0.3 is 0 Å². The van der Waals surface area contributed by atoms with E-state index in [0.717, 1.165) is 29.4 Å². The van der Waals surface area contributed by atoms with Gasteiger partial charge in [0, 0.05) is 24.1 Å². The van der Waals surface area contributed by atoms with Gasteiger partial charge in [-0.1, -0.05) is 18.2 Å². The molecule has 2 aromatic rings. The summed E-state index contributed by atoms with van der Waals surface area (Å²) in [5.74, 6) is 0.791. The molecule has 0 spiro atoms. The van der Waals surface area contributed by atoms with Crippen molar-refractivity contribution >= 4 is 16.7 Å². The van der Waals surface area contributed by atoms with Gasteiger partial charge in [0.15, 0.2) is 0 Å². The lowest BCUT2D eigenvalue weighted by Crippen LogP contribution is -2.13. The number of hydrogen-bond donors (Lipinski definition) is 0. The highest BCUT2D eigenvalue weighted by Gasteiger charge is 2.21. The van der Waals surface area contributed by atoms with E-state index in [1.54, 1.807) is 0 Å². The fraction of sp³-hybridized carbons (Fsp3) is 0.357. The molecule has 0 bridgehead atoms. The Balaban J connectivity index is 1.92. The summed E-state index contributed by atoms with van der Waals surface area (Å²) in [6, 6.07) is 10.1. The van der Waals surface area contributed by atoms with Gasteiger partial charge in [-0.3, -0.25) is 4.79 Å². The van der Waals surface area contributed by atoms with Gasteiger partial charge in [-0.25, -0.2) is 0 Å². The number of carbonyl (C=O) groups is 1. The zero-order chi connectivity index (χ0) is 11.7. The van der Waals surface area contributed by atoms with Crippen LogP contribution in [0.3, 0.4) is 0 Å². The second-order valence-electron chi connectivity index (χ2n) is 4.64. The molecule has 0 saturated heterocycles. The second kappa shape index (κ2) is 4.24. The lowest BCUT2D eigenvalue weighted by atomic mass is 9.86. The van der Waals surface area contributed by atoms with Crippen molar-refractivity contribution in [3.05, 3.63) is 36.0 Å². The molecular formula is C14H14N2O. The molecule has 1 aliphatic rings. The van der Waals surface area contributed by atoms with Crippen LogP contribution in [0.2, 0.25) is 0 Å². The highest BCUT2D eigenvalue weighted by molar-refractivity contribution is 5.80. The van der Waals surface area contributed by atoms with Gasteiger partial charge in [0.1, 0.15) is 5.78 Å². The summed E-state index contributed by atoms with van der Waals surface area (Å²) in [7, 11) is 0. The summed E-state index contributed by atoms with van der Waals surface area (Å²) < 4.78 is 0. The Kier molecular flexibility index (Phi) is 2.59. The molecule has 0 aliphatic heterocycles. The molecule has 0 unspecified atom stereocenters. The van der Waals surface area contributed by atoms with Crippen molar-refractivity contribution in [2.24, 2.45) is 0 Å². The highest BCUT2D eigenvalue weighted by Crippen LogP contribution is 2.30. The SMILES string of the molecule is O=C1CCC(c2cc3ccccc3nn2)CC1. The predicted molar refractivity (Wildman–Crippen MR) is 65.8 cm³/mol. The third kappa shape index (κ3) is 2.05. The minimum Gasteiger partial charge on any atom is -0.300 e. The number of hydrogen-bond acceptors (Lipinski definition) is 3. The summed E-state index contributed by atoms with van der Waals surface area (Å²) in [4.78, 5) is 11.2. The molecule has 1 saturated carbocycles. The van der Waals surface area contributed by atoms with Crippen molar-refractivity contribution in [1.82, 2.24) is 10.2 Å². The molecule has 0 amide bonds. The zero-order valence-corrected chi connectivity index (χ0v) is 9.60. The number of Topliss-reactive ketones (excluding diaryl/α,β-unsaturated/α-hetero) is 1. The van der Waals surface area contributed by atoms with E-state index < -0.39 is 0 Å². The Hall–Kier alpha value is -1.77. The first-order chi connectivity index (χ1) is 8.33. The fourth-order valence-corrected chi connectivity index (χ4v) is 2.44. The van der Waals surface area contributed by atoms with E-state index in [2.05, 4.69) is 22.3 Å². The van der Waals surface area contributed by atoms with Crippen LogP contribution < -0.4 is 0 Å². The largest absolute Gasteiger partial charge is 0.300 e.